The zero-order valence-corrected chi connectivity index (χ0v) is 13.1. The van der Waals surface area contributed by atoms with Gasteiger partial charge < -0.3 is 5.32 Å². The predicted octanol–water partition coefficient (Wildman–Crippen LogP) is 3.45. The van der Waals surface area contributed by atoms with Crippen LogP contribution in [0.3, 0.4) is 0 Å². The molecule has 0 radical (unpaired) electrons. The van der Waals surface area contributed by atoms with Gasteiger partial charge in [-0.25, -0.2) is 9.97 Å². The van der Waals surface area contributed by atoms with E-state index in [4.69, 9.17) is 0 Å². The summed E-state index contributed by atoms with van der Waals surface area (Å²) in [4.78, 5) is 11.4. The van der Waals surface area contributed by atoms with Crippen molar-refractivity contribution in [1.82, 2.24) is 14.9 Å². The van der Waals surface area contributed by atoms with Crippen molar-refractivity contribution >= 4 is 5.95 Å². The summed E-state index contributed by atoms with van der Waals surface area (Å²) in [5, 5.41) is 3.14. The van der Waals surface area contributed by atoms with E-state index in [0.29, 0.717) is 6.04 Å². The number of nitrogens with zero attached hydrogens (tertiary/aromatic N) is 3. The van der Waals surface area contributed by atoms with Crippen molar-refractivity contribution in [2.75, 3.05) is 11.9 Å². The molecule has 0 saturated heterocycles. The van der Waals surface area contributed by atoms with Gasteiger partial charge in [-0.1, -0.05) is 19.8 Å². The largest absolute Gasteiger partial charge is 0.355 e. The maximum Gasteiger partial charge on any atom is 0.222 e. The number of hydrogen-bond acceptors (Lipinski definition) is 4. The highest BCUT2D eigenvalue weighted by Crippen LogP contribution is 2.27. The molecular formula is C16H28N4. The number of anilines is 1. The summed E-state index contributed by atoms with van der Waals surface area (Å²) in [7, 11) is 0. The maximum absolute atomic E-state index is 4.38. The standard InChI is InChI=1S/C16H28N4/c1-4-13(3)20(15-8-6-7-9-15)12-14-10-18-16(17-5-2)19-11-14/h10-11,13,15H,4-9,12H2,1-3H3,(H,17,18,19)/t13-/m0/s1. The third kappa shape index (κ3) is 3.92. The Morgan fingerprint density at radius 2 is 1.90 bits per heavy atom. The first-order valence-electron chi connectivity index (χ1n) is 8.05. The normalized spacial score (nSPS) is 17.6. The Labute approximate surface area is 123 Å². The van der Waals surface area contributed by atoms with Gasteiger partial charge in [0, 0.05) is 43.1 Å². The molecule has 1 fully saturated rings. The van der Waals surface area contributed by atoms with Crippen molar-refractivity contribution < 1.29 is 0 Å². The topological polar surface area (TPSA) is 41.1 Å². The van der Waals surface area contributed by atoms with Crippen LogP contribution in [-0.2, 0) is 6.54 Å². The number of rotatable bonds is 7. The van der Waals surface area contributed by atoms with Gasteiger partial charge >= 0.3 is 0 Å². The molecule has 2 rings (SSSR count). The van der Waals surface area contributed by atoms with Gasteiger partial charge in [0.15, 0.2) is 0 Å². The molecule has 0 unspecified atom stereocenters. The van der Waals surface area contributed by atoms with Crippen LogP contribution in [0, 0.1) is 0 Å². The van der Waals surface area contributed by atoms with Crippen LogP contribution in [0.4, 0.5) is 5.95 Å². The molecule has 1 N–H and O–H groups in total. The van der Waals surface area contributed by atoms with E-state index in [9.17, 15) is 0 Å². The summed E-state index contributed by atoms with van der Waals surface area (Å²) < 4.78 is 0. The summed E-state index contributed by atoms with van der Waals surface area (Å²) in [6.45, 7) is 8.51. The van der Waals surface area contributed by atoms with Gasteiger partial charge in [-0.15, -0.1) is 0 Å². The van der Waals surface area contributed by atoms with E-state index in [1.807, 2.05) is 12.4 Å². The Morgan fingerprint density at radius 3 is 2.45 bits per heavy atom. The van der Waals surface area contributed by atoms with Crippen molar-refractivity contribution in [3.05, 3.63) is 18.0 Å². The number of aromatic nitrogens is 2. The molecule has 112 valence electrons. The SMILES string of the molecule is CCNc1ncc(CN(C2CCCC2)[C@@H](C)CC)cn1. The smallest absolute Gasteiger partial charge is 0.222 e. The molecule has 1 aromatic rings. The first kappa shape index (κ1) is 15.2. The third-order valence-electron chi connectivity index (χ3n) is 4.36. The molecule has 1 aromatic heterocycles. The zero-order valence-electron chi connectivity index (χ0n) is 13.1. The van der Waals surface area contributed by atoms with Gasteiger partial charge in [0.1, 0.15) is 0 Å². The fourth-order valence-electron chi connectivity index (χ4n) is 3.01. The summed E-state index contributed by atoms with van der Waals surface area (Å²) in [6.07, 6.45) is 10.6. The summed E-state index contributed by atoms with van der Waals surface area (Å²) in [5.41, 5.74) is 1.22. The van der Waals surface area contributed by atoms with Crippen molar-refractivity contribution in [2.24, 2.45) is 0 Å². The van der Waals surface area contributed by atoms with Gasteiger partial charge in [0.2, 0.25) is 5.95 Å². The molecule has 1 aliphatic rings. The van der Waals surface area contributed by atoms with Crippen LogP contribution in [-0.4, -0.2) is 33.5 Å². The fraction of sp³-hybridized carbons (Fsp3) is 0.750. The van der Waals surface area contributed by atoms with E-state index in [-0.39, 0.29) is 0 Å². The highest BCUT2D eigenvalue weighted by Gasteiger charge is 2.25. The molecule has 4 heteroatoms. The number of nitrogens with one attached hydrogen (secondary N) is 1. The molecule has 1 saturated carbocycles. The molecule has 0 spiro atoms. The van der Waals surface area contributed by atoms with Gasteiger partial charge in [-0.2, -0.15) is 0 Å². The molecule has 0 aliphatic heterocycles. The minimum Gasteiger partial charge on any atom is -0.355 e. The Hall–Kier alpha value is -1.16. The van der Waals surface area contributed by atoms with Crippen LogP contribution < -0.4 is 5.32 Å². The van der Waals surface area contributed by atoms with E-state index in [1.54, 1.807) is 0 Å². The monoisotopic (exact) mass is 276 g/mol. The molecule has 20 heavy (non-hydrogen) atoms. The molecular weight excluding hydrogens is 248 g/mol. The second-order valence-corrected chi connectivity index (χ2v) is 5.81. The zero-order chi connectivity index (χ0) is 14.4. The van der Waals surface area contributed by atoms with E-state index >= 15 is 0 Å². The van der Waals surface area contributed by atoms with Crippen LogP contribution in [0.2, 0.25) is 0 Å². The summed E-state index contributed by atoms with van der Waals surface area (Å²) >= 11 is 0. The van der Waals surface area contributed by atoms with E-state index < -0.39 is 0 Å². The first-order valence-corrected chi connectivity index (χ1v) is 8.05. The van der Waals surface area contributed by atoms with Crippen LogP contribution in [0.5, 0.6) is 0 Å². The lowest BCUT2D eigenvalue weighted by Gasteiger charge is -2.34. The highest BCUT2D eigenvalue weighted by atomic mass is 15.2. The minimum absolute atomic E-state index is 0.631. The van der Waals surface area contributed by atoms with Crippen LogP contribution in [0.15, 0.2) is 12.4 Å². The van der Waals surface area contributed by atoms with Gasteiger partial charge in [0.25, 0.3) is 0 Å². The second-order valence-electron chi connectivity index (χ2n) is 5.81. The van der Waals surface area contributed by atoms with E-state index in [0.717, 1.165) is 25.1 Å². The summed E-state index contributed by atoms with van der Waals surface area (Å²) in [5.74, 6) is 0.729. The molecule has 0 amide bonds. The molecule has 1 heterocycles. The first-order chi connectivity index (χ1) is 9.74. The Bertz CT molecular complexity index is 384. The molecule has 0 aromatic carbocycles. The van der Waals surface area contributed by atoms with Gasteiger partial charge in [0.05, 0.1) is 0 Å². The summed E-state index contributed by atoms with van der Waals surface area (Å²) in [6, 6.07) is 1.38. The van der Waals surface area contributed by atoms with Crippen LogP contribution in [0.1, 0.15) is 58.4 Å². The van der Waals surface area contributed by atoms with Crippen molar-refractivity contribution in [3.8, 4) is 0 Å². The second kappa shape index (κ2) is 7.58. The minimum atomic E-state index is 0.631. The quantitative estimate of drug-likeness (QED) is 0.828. The lowest BCUT2D eigenvalue weighted by atomic mass is 10.1. The van der Waals surface area contributed by atoms with Crippen molar-refractivity contribution in [3.63, 3.8) is 0 Å². The lowest BCUT2D eigenvalue weighted by Crippen LogP contribution is -2.39. The van der Waals surface area contributed by atoms with E-state index in [2.05, 4.69) is 41.0 Å². The van der Waals surface area contributed by atoms with Crippen LogP contribution in [0.25, 0.3) is 0 Å². The van der Waals surface area contributed by atoms with Crippen LogP contribution >= 0.6 is 0 Å². The molecule has 0 bridgehead atoms. The van der Waals surface area contributed by atoms with Crippen molar-refractivity contribution in [2.45, 2.75) is 71.5 Å². The van der Waals surface area contributed by atoms with E-state index in [1.165, 1.54) is 37.7 Å². The Balaban J connectivity index is 2.02. The highest BCUT2D eigenvalue weighted by molar-refractivity contribution is 5.24. The maximum atomic E-state index is 4.38. The van der Waals surface area contributed by atoms with Gasteiger partial charge in [-0.05, 0) is 33.1 Å². The molecule has 1 atom stereocenters. The number of hydrogen-bond donors (Lipinski definition) is 1. The molecule has 4 nitrogen and oxygen atoms in total. The van der Waals surface area contributed by atoms with Crippen molar-refractivity contribution in [1.29, 1.82) is 0 Å². The predicted molar refractivity (Wildman–Crippen MR) is 83.7 cm³/mol. The average molecular weight is 276 g/mol. The third-order valence-corrected chi connectivity index (χ3v) is 4.36. The Morgan fingerprint density at radius 1 is 1.25 bits per heavy atom. The average Bonchev–Trinajstić information content (AvgIpc) is 3.00. The van der Waals surface area contributed by atoms with Gasteiger partial charge in [-0.3, -0.25) is 4.90 Å². The molecule has 1 aliphatic carbocycles. The fourth-order valence-corrected chi connectivity index (χ4v) is 3.01. The lowest BCUT2D eigenvalue weighted by molar-refractivity contribution is 0.132. The Kier molecular flexibility index (Phi) is 5.77.